The Morgan fingerprint density at radius 1 is 0.806 bits per heavy atom. The molecule has 2 rings (SSSR count). The molecule has 0 spiro atoms. The van der Waals surface area contributed by atoms with Crippen LogP contribution in [0, 0.1) is 5.92 Å². The van der Waals surface area contributed by atoms with Gasteiger partial charge in [0, 0.05) is 6.42 Å². The summed E-state index contributed by atoms with van der Waals surface area (Å²) in [6, 6.07) is 18.2. The van der Waals surface area contributed by atoms with Crippen LogP contribution in [0.5, 0.6) is 0 Å². The van der Waals surface area contributed by atoms with Crippen LogP contribution in [0.3, 0.4) is 0 Å². The van der Waals surface area contributed by atoms with Gasteiger partial charge in [0.2, 0.25) is 0 Å². The van der Waals surface area contributed by atoms with E-state index in [0.29, 0.717) is 24.0 Å². The van der Waals surface area contributed by atoms with Crippen LogP contribution in [0.2, 0.25) is 0 Å². The molecule has 0 aliphatic rings. The number of carbonyl (C=O) groups is 2. The summed E-state index contributed by atoms with van der Waals surface area (Å²) in [4.78, 5) is 25.9. The highest BCUT2D eigenvalue weighted by atomic mass is 16.6. The van der Waals surface area contributed by atoms with E-state index in [9.17, 15) is 9.59 Å². The zero-order valence-electron chi connectivity index (χ0n) is 22.6. The molecule has 0 saturated heterocycles. The third kappa shape index (κ3) is 10.4. The SMILES string of the molecule is CCCCCC=CC(C)CC(CCCC)(CC(C)OC(=O)c1ccccc1)OC(=O)c1ccccc1. The summed E-state index contributed by atoms with van der Waals surface area (Å²) in [5, 5.41) is 0. The Bertz CT molecular complexity index is 922. The van der Waals surface area contributed by atoms with Crippen molar-refractivity contribution in [3.63, 3.8) is 0 Å². The standard InChI is InChI=1S/C32H44O4/c1-5-7-9-10-13-18-26(3)24-32(23-8-6-2,36-31(34)29-21-16-12-17-22-29)25-27(4)35-30(33)28-19-14-11-15-20-28/h11-22,26-27H,5-10,23-25H2,1-4H3. The minimum Gasteiger partial charge on any atom is -0.459 e. The third-order valence-corrected chi connectivity index (χ3v) is 6.41. The molecule has 0 bridgehead atoms. The number of benzene rings is 2. The first-order valence-corrected chi connectivity index (χ1v) is 13.6. The molecule has 0 amide bonds. The molecule has 36 heavy (non-hydrogen) atoms. The molecule has 2 aromatic rings. The van der Waals surface area contributed by atoms with Gasteiger partial charge >= 0.3 is 11.9 Å². The molecule has 2 aromatic carbocycles. The number of ether oxygens (including phenoxy) is 2. The third-order valence-electron chi connectivity index (χ3n) is 6.41. The number of rotatable bonds is 16. The van der Waals surface area contributed by atoms with Crippen LogP contribution >= 0.6 is 0 Å². The first kappa shape index (κ1) is 29.4. The fourth-order valence-electron chi connectivity index (χ4n) is 4.64. The van der Waals surface area contributed by atoms with Gasteiger partial charge < -0.3 is 9.47 Å². The summed E-state index contributed by atoms with van der Waals surface area (Å²) in [5.74, 6) is -0.456. The first-order chi connectivity index (χ1) is 17.4. The van der Waals surface area contributed by atoms with Crippen molar-refractivity contribution in [1.29, 1.82) is 0 Å². The lowest BCUT2D eigenvalue weighted by atomic mass is 9.82. The van der Waals surface area contributed by atoms with E-state index in [4.69, 9.17) is 9.47 Å². The van der Waals surface area contributed by atoms with Gasteiger partial charge in [0.15, 0.2) is 0 Å². The summed E-state index contributed by atoms with van der Waals surface area (Å²) in [5.41, 5.74) is 0.329. The number of unbranched alkanes of at least 4 members (excludes halogenated alkanes) is 4. The Kier molecular flexibility index (Phi) is 13.0. The van der Waals surface area contributed by atoms with E-state index >= 15 is 0 Å². The molecule has 0 saturated carbocycles. The quantitative estimate of drug-likeness (QED) is 0.134. The largest absolute Gasteiger partial charge is 0.459 e. The average Bonchev–Trinajstić information content (AvgIpc) is 2.88. The Labute approximate surface area is 218 Å². The second-order valence-electron chi connectivity index (χ2n) is 9.93. The van der Waals surface area contributed by atoms with Gasteiger partial charge in [0.1, 0.15) is 11.7 Å². The van der Waals surface area contributed by atoms with E-state index in [-0.39, 0.29) is 17.9 Å². The first-order valence-electron chi connectivity index (χ1n) is 13.6. The van der Waals surface area contributed by atoms with Gasteiger partial charge in [-0.3, -0.25) is 0 Å². The van der Waals surface area contributed by atoms with Crippen molar-refractivity contribution in [3.05, 3.63) is 83.9 Å². The van der Waals surface area contributed by atoms with Crippen molar-refractivity contribution in [2.75, 3.05) is 0 Å². The molecule has 0 aliphatic heterocycles. The lowest BCUT2D eigenvalue weighted by Crippen LogP contribution is -2.40. The highest BCUT2D eigenvalue weighted by Gasteiger charge is 2.38. The number of esters is 2. The summed E-state index contributed by atoms with van der Waals surface area (Å²) in [6.07, 6.45) is 12.6. The Balaban J connectivity index is 2.23. The van der Waals surface area contributed by atoms with Crippen LogP contribution in [-0.2, 0) is 9.47 Å². The van der Waals surface area contributed by atoms with Gasteiger partial charge in [-0.1, -0.05) is 88.6 Å². The minimum absolute atomic E-state index is 0.226. The topological polar surface area (TPSA) is 52.6 Å². The summed E-state index contributed by atoms with van der Waals surface area (Å²) < 4.78 is 12.2. The zero-order valence-corrected chi connectivity index (χ0v) is 22.6. The van der Waals surface area contributed by atoms with Crippen LogP contribution < -0.4 is 0 Å². The predicted molar refractivity (Wildman–Crippen MR) is 147 cm³/mol. The van der Waals surface area contributed by atoms with E-state index < -0.39 is 11.7 Å². The van der Waals surface area contributed by atoms with E-state index in [1.54, 1.807) is 24.3 Å². The summed E-state index contributed by atoms with van der Waals surface area (Å²) >= 11 is 0. The zero-order chi connectivity index (χ0) is 26.2. The molecule has 0 aliphatic carbocycles. The molecule has 4 nitrogen and oxygen atoms in total. The van der Waals surface area contributed by atoms with Crippen molar-refractivity contribution in [3.8, 4) is 0 Å². The molecule has 3 atom stereocenters. The fourth-order valence-corrected chi connectivity index (χ4v) is 4.64. The normalized spacial score (nSPS) is 14.7. The van der Waals surface area contributed by atoms with E-state index in [1.807, 2.05) is 43.3 Å². The average molecular weight is 493 g/mol. The van der Waals surface area contributed by atoms with E-state index in [1.165, 1.54) is 19.3 Å². The predicted octanol–water partition coefficient (Wildman–Crippen LogP) is 8.57. The van der Waals surface area contributed by atoms with Gasteiger partial charge in [-0.05, 0) is 69.2 Å². The molecular formula is C32H44O4. The van der Waals surface area contributed by atoms with Crippen molar-refractivity contribution >= 4 is 11.9 Å². The summed E-state index contributed by atoms with van der Waals surface area (Å²) in [7, 11) is 0. The molecule has 0 aromatic heterocycles. The van der Waals surface area contributed by atoms with Crippen molar-refractivity contribution in [2.45, 2.75) is 97.2 Å². The Morgan fingerprint density at radius 3 is 1.97 bits per heavy atom. The Morgan fingerprint density at radius 2 is 1.39 bits per heavy atom. The lowest BCUT2D eigenvalue weighted by Gasteiger charge is -2.37. The smallest absolute Gasteiger partial charge is 0.338 e. The number of allylic oxidation sites excluding steroid dienone is 2. The van der Waals surface area contributed by atoms with Crippen molar-refractivity contribution in [1.82, 2.24) is 0 Å². The molecule has 196 valence electrons. The van der Waals surface area contributed by atoms with E-state index in [0.717, 1.165) is 25.7 Å². The molecular weight excluding hydrogens is 448 g/mol. The van der Waals surface area contributed by atoms with Crippen LogP contribution in [0.1, 0.15) is 106 Å². The number of hydrogen-bond acceptors (Lipinski definition) is 4. The molecule has 0 heterocycles. The molecule has 3 unspecified atom stereocenters. The van der Waals surface area contributed by atoms with Gasteiger partial charge in [0.25, 0.3) is 0 Å². The van der Waals surface area contributed by atoms with Crippen LogP contribution in [-0.4, -0.2) is 23.6 Å². The van der Waals surface area contributed by atoms with Gasteiger partial charge in [0.05, 0.1) is 11.1 Å². The highest BCUT2D eigenvalue weighted by molar-refractivity contribution is 5.90. The van der Waals surface area contributed by atoms with Gasteiger partial charge in [-0.25, -0.2) is 9.59 Å². The molecule has 0 fully saturated rings. The van der Waals surface area contributed by atoms with Crippen molar-refractivity contribution in [2.24, 2.45) is 5.92 Å². The van der Waals surface area contributed by atoms with Gasteiger partial charge in [-0.2, -0.15) is 0 Å². The number of carbonyl (C=O) groups excluding carboxylic acids is 2. The lowest BCUT2D eigenvalue weighted by molar-refractivity contribution is -0.0593. The van der Waals surface area contributed by atoms with Crippen LogP contribution in [0.25, 0.3) is 0 Å². The Hall–Kier alpha value is -2.88. The van der Waals surface area contributed by atoms with Crippen LogP contribution in [0.15, 0.2) is 72.8 Å². The summed E-state index contributed by atoms with van der Waals surface area (Å²) in [6.45, 7) is 8.41. The van der Waals surface area contributed by atoms with Crippen molar-refractivity contribution < 1.29 is 19.1 Å². The molecule has 4 heteroatoms. The highest BCUT2D eigenvalue weighted by Crippen LogP contribution is 2.35. The monoisotopic (exact) mass is 492 g/mol. The maximum absolute atomic E-state index is 13.2. The second-order valence-corrected chi connectivity index (χ2v) is 9.93. The second kappa shape index (κ2) is 16.0. The maximum atomic E-state index is 13.2. The molecule has 0 radical (unpaired) electrons. The van der Waals surface area contributed by atoms with Gasteiger partial charge in [-0.15, -0.1) is 0 Å². The number of hydrogen-bond donors (Lipinski definition) is 0. The minimum atomic E-state index is -0.730. The fraction of sp³-hybridized carbons (Fsp3) is 0.500. The van der Waals surface area contributed by atoms with Crippen LogP contribution in [0.4, 0.5) is 0 Å². The maximum Gasteiger partial charge on any atom is 0.338 e. The molecule has 0 N–H and O–H groups in total. The van der Waals surface area contributed by atoms with E-state index in [2.05, 4.69) is 32.9 Å².